The highest BCUT2D eigenvalue weighted by atomic mass is 32.2. The van der Waals surface area contributed by atoms with E-state index >= 15 is 4.39 Å². The van der Waals surface area contributed by atoms with Crippen LogP contribution in [0.15, 0.2) is 55.5 Å². The minimum atomic E-state index is -1.68. The van der Waals surface area contributed by atoms with E-state index in [1.807, 2.05) is 31.3 Å². The molecule has 208 valence electrons. The first-order valence-corrected chi connectivity index (χ1v) is 14.4. The molecule has 2 saturated heterocycles. The van der Waals surface area contributed by atoms with Crippen molar-refractivity contribution >= 4 is 39.7 Å². The summed E-state index contributed by atoms with van der Waals surface area (Å²) in [4.78, 5) is 14.7. The van der Waals surface area contributed by atoms with E-state index in [1.165, 1.54) is 23.2 Å². The Balaban J connectivity index is 1.28. The van der Waals surface area contributed by atoms with Gasteiger partial charge in [0, 0.05) is 79.4 Å². The Morgan fingerprint density at radius 3 is 2.60 bits per heavy atom. The number of nitrogens with zero attached hydrogens (tertiary/aromatic N) is 4. The lowest BCUT2D eigenvalue weighted by Gasteiger charge is -2.33. The van der Waals surface area contributed by atoms with Crippen molar-refractivity contribution in [3.8, 4) is 11.1 Å². The molecule has 6 rings (SSSR count). The number of aromatic nitrogens is 3. The minimum Gasteiger partial charge on any atom is -0.573 e. The third kappa shape index (κ3) is 4.94. The molecule has 0 saturated carbocycles. The zero-order valence-electron chi connectivity index (χ0n) is 22.4. The van der Waals surface area contributed by atoms with Crippen molar-refractivity contribution in [1.29, 1.82) is 0 Å². The van der Waals surface area contributed by atoms with Crippen molar-refractivity contribution in [3.05, 3.63) is 78.3 Å². The van der Waals surface area contributed by atoms with Crippen LogP contribution < -0.4 is 14.9 Å². The molecule has 3 aromatic heterocycles. The van der Waals surface area contributed by atoms with Crippen LogP contribution in [0.3, 0.4) is 0 Å². The van der Waals surface area contributed by atoms with Gasteiger partial charge in [-0.05, 0) is 55.7 Å². The first kappa shape index (κ1) is 26.7. The summed E-state index contributed by atoms with van der Waals surface area (Å²) < 4.78 is 47.0. The van der Waals surface area contributed by atoms with E-state index in [-0.39, 0.29) is 16.8 Å². The van der Waals surface area contributed by atoms with Gasteiger partial charge in [-0.2, -0.15) is 4.72 Å². The first-order valence-electron chi connectivity index (χ1n) is 13.3. The van der Waals surface area contributed by atoms with E-state index in [1.54, 1.807) is 19.4 Å². The molecule has 2 bridgehead atoms. The second kappa shape index (κ2) is 10.8. The van der Waals surface area contributed by atoms with Gasteiger partial charge >= 0.3 is 0 Å². The zero-order valence-corrected chi connectivity index (χ0v) is 23.2. The van der Waals surface area contributed by atoms with E-state index in [0.717, 1.165) is 36.1 Å². The maximum atomic E-state index is 15.5. The number of benzene rings is 1. The average molecular weight is 564 g/mol. The molecule has 3 unspecified atom stereocenters. The SMILES string of the molecule is C=C(c1c(F)ccc(N[S+]([O-])N(C)CC)c1F)c1c[nH]c2ncc(-c3ccc(N4CC5CCC(C4)N5)nc3)cc12. The number of fused-ring (bicyclic) bond motifs is 3. The molecule has 0 aliphatic carbocycles. The number of piperazine rings is 1. The van der Waals surface area contributed by atoms with Crippen LogP contribution in [0.25, 0.3) is 27.7 Å². The fourth-order valence-electron chi connectivity index (χ4n) is 5.47. The summed E-state index contributed by atoms with van der Waals surface area (Å²) in [6, 6.07) is 9.41. The Kier molecular flexibility index (Phi) is 7.22. The fourth-order valence-corrected chi connectivity index (χ4v) is 6.21. The van der Waals surface area contributed by atoms with Gasteiger partial charge in [0.2, 0.25) is 0 Å². The van der Waals surface area contributed by atoms with E-state index in [0.29, 0.717) is 35.2 Å². The Bertz CT molecular complexity index is 1550. The molecule has 2 fully saturated rings. The van der Waals surface area contributed by atoms with Crippen LogP contribution in [-0.2, 0) is 11.5 Å². The number of hydrogen-bond acceptors (Lipinski definition) is 7. The van der Waals surface area contributed by atoms with Crippen molar-refractivity contribution in [2.75, 3.05) is 36.3 Å². The van der Waals surface area contributed by atoms with Gasteiger partial charge < -0.3 is 19.8 Å². The molecule has 1 aromatic carbocycles. The lowest BCUT2D eigenvalue weighted by Crippen LogP contribution is -2.51. The number of halogens is 2. The number of hydrogen-bond donors (Lipinski definition) is 3. The molecule has 40 heavy (non-hydrogen) atoms. The standard InChI is InChI=1S/C29H31F2N7OS/c1-4-37(3)40(39)36-25-9-8-24(30)27(28(25)31)17(2)23-14-34-29-22(23)11-19(13-33-29)18-5-10-26(32-12-18)38-15-20-6-7-21(16-38)35-20/h5,8-14,20-21,35-36H,2,4,6-7,15-16H2,1,3H3,(H,33,34). The monoisotopic (exact) mass is 563 g/mol. The van der Waals surface area contributed by atoms with Crippen molar-refractivity contribution in [2.24, 2.45) is 0 Å². The van der Waals surface area contributed by atoms with Crippen LogP contribution in [0.1, 0.15) is 30.9 Å². The summed E-state index contributed by atoms with van der Waals surface area (Å²) in [7, 11) is 1.64. The quantitative estimate of drug-likeness (QED) is 0.264. The molecule has 2 aliphatic rings. The number of rotatable bonds is 8. The molecular formula is C29H31F2N7OS. The van der Waals surface area contributed by atoms with Crippen molar-refractivity contribution in [1.82, 2.24) is 24.6 Å². The van der Waals surface area contributed by atoms with Gasteiger partial charge in [-0.1, -0.05) is 6.58 Å². The maximum absolute atomic E-state index is 15.5. The summed E-state index contributed by atoms with van der Waals surface area (Å²) in [6.45, 7) is 8.26. The summed E-state index contributed by atoms with van der Waals surface area (Å²) in [5.41, 5.74) is 2.60. The van der Waals surface area contributed by atoms with E-state index in [9.17, 15) is 8.94 Å². The Hall–Kier alpha value is -3.51. The fraction of sp³-hybridized carbons (Fsp3) is 0.310. The molecule has 0 amide bonds. The second-order valence-corrected chi connectivity index (χ2v) is 11.7. The van der Waals surface area contributed by atoms with Crippen LogP contribution in [0, 0.1) is 11.6 Å². The molecule has 5 heterocycles. The predicted octanol–water partition coefficient (Wildman–Crippen LogP) is 4.85. The van der Waals surface area contributed by atoms with Crippen LogP contribution >= 0.6 is 0 Å². The first-order chi connectivity index (χ1) is 19.3. The van der Waals surface area contributed by atoms with Crippen LogP contribution in [-0.4, -0.2) is 62.6 Å². The molecule has 11 heteroatoms. The maximum Gasteiger partial charge on any atom is 0.166 e. The van der Waals surface area contributed by atoms with Crippen LogP contribution in [0.2, 0.25) is 0 Å². The lowest BCUT2D eigenvalue weighted by atomic mass is 9.97. The summed E-state index contributed by atoms with van der Waals surface area (Å²) in [6.07, 6.45) is 7.65. The molecule has 0 spiro atoms. The average Bonchev–Trinajstić information content (AvgIpc) is 3.55. The van der Waals surface area contributed by atoms with E-state index < -0.39 is 23.2 Å². The number of aromatic amines is 1. The van der Waals surface area contributed by atoms with Gasteiger partial charge in [0.05, 0.1) is 5.56 Å². The van der Waals surface area contributed by atoms with Gasteiger partial charge in [-0.25, -0.2) is 18.7 Å². The van der Waals surface area contributed by atoms with Gasteiger partial charge in [-0.3, -0.25) is 0 Å². The topological polar surface area (TPSA) is 95.2 Å². The largest absolute Gasteiger partial charge is 0.573 e. The highest BCUT2D eigenvalue weighted by Crippen LogP contribution is 2.35. The van der Waals surface area contributed by atoms with Gasteiger partial charge in [0.25, 0.3) is 0 Å². The normalized spacial score (nSPS) is 19.4. The van der Waals surface area contributed by atoms with E-state index in [4.69, 9.17) is 4.98 Å². The highest BCUT2D eigenvalue weighted by Gasteiger charge is 2.32. The second-order valence-electron chi connectivity index (χ2n) is 10.3. The molecule has 2 aliphatic heterocycles. The van der Waals surface area contributed by atoms with Crippen LogP contribution in [0.4, 0.5) is 20.3 Å². The number of anilines is 2. The van der Waals surface area contributed by atoms with E-state index in [2.05, 4.69) is 31.5 Å². The predicted molar refractivity (Wildman–Crippen MR) is 156 cm³/mol. The van der Waals surface area contributed by atoms with Crippen molar-refractivity contribution < 1.29 is 13.3 Å². The third-order valence-electron chi connectivity index (χ3n) is 7.80. The van der Waals surface area contributed by atoms with Gasteiger partial charge in [0.1, 0.15) is 23.0 Å². The Morgan fingerprint density at radius 1 is 1.15 bits per heavy atom. The molecule has 3 atom stereocenters. The molecule has 4 aromatic rings. The van der Waals surface area contributed by atoms with Crippen LogP contribution in [0.5, 0.6) is 0 Å². The summed E-state index contributed by atoms with van der Waals surface area (Å²) in [5.74, 6) is -0.665. The van der Waals surface area contributed by atoms with Gasteiger partial charge in [-0.15, -0.1) is 4.31 Å². The zero-order chi connectivity index (χ0) is 28.0. The number of pyridine rings is 2. The third-order valence-corrected chi connectivity index (χ3v) is 9.02. The molecular weight excluding hydrogens is 532 g/mol. The number of nitrogens with one attached hydrogen (secondary N) is 3. The Labute approximate surface area is 235 Å². The summed E-state index contributed by atoms with van der Waals surface area (Å²) >= 11 is -1.68. The minimum absolute atomic E-state index is 0.0708. The number of H-pyrrole nitrogens is 1. The van der Waals surface area contributed by atoms with Crippen molar-refractivity contribution in [2.45, 2.75) is 31.8 Å². The molecule has 3 N–H and O–H groups in total. The molecule has 8 nitrogen and oxygen atoms in total. The molecule has 0 radical (unpaired) electrons. The smallest absolute Gasteiger partial charge is 0.166 e. The van der Waals surface area contributed by atoms with Crippen molar-refractivity contribution in [3.63, 3.8) is 0 Å². The summed E-state index contributed by atoms with van der Waals surface area (Å²) in [5, 5.41) is 4.32. The van der Waals surface area contributed by atoms with Gasteiger partial charge in [0.15, 0.2) is 17.4 Å². The lowest BCUT2D eigenvalue weighted by molar-refractivity contribution is 0.463. The Morgan fingerprint density at radius 2 is 1.90 bits per heavy atom. The highest BCUT2D eigenvalue weighted by molar-refractivity contribution is 7.90.